The number of thiophene rings is 1. The summed E-state index contributed by atoms with van der Waals surface area (Å²) in [5.41, 5.74) is 5.64. The van der Waals surface area contributed by atoms with Crippen molar-refractivity contribution in [3.8, 4) is 0 Å². The highest BCUT2D eigenvalue weighted by molar-refractivity contribution is 7.18. The largest absolute Gasteiger partial charge is 0.368 e. The third-order valence-corrected chi connectivity index (χ3v) is 3.27. The van der Waals surface area contributed by atoms with E-state index in [4.69, 9.17) is 5.73 Å². The average Bonchev–Trinajstić information content (AvgIpc) is 2.66. The second kappa shape index (κ2) is 5.18. The highest BCUT2D eigenvalue weighted by atomic mass is 32.1. The van der Waals surface area contributed by atoms with Crippen LogP contribution in [0, 0.1) is 6.92 Å². The Morgan fingerprint density at radius 1 is 1.50 bits per heavy atom. The number of anilines is 2. The summed E-state index contributed by atoms with van der Waals surface area (Å²) in [5, 5.41) is 6.60. The number of likely N-dealkylation sites (N-methyl/N-ethyl adjacent to an activating group) is 1. The van der Waals surface area contributed by atoms with E-state index in [1.807, 2.05) is 19.9 Å². The number of carbonyl (C=O) groups is 1. The van der Waals surface area contributed by atoms with Gasteiger partial charge in [0.1, 0.15) is 10.6 Å². The van der Waals surface area contributed by atoms with E-state index in [0.717, 1.165) is 15.1 Å². The van der Waals surface area contributed by atoms with Gasteiger partial charge in [-0.25, -0.2) is 4.98 Å². The molecule has 2 rings (SSSR count). The van der Waals surface area contributed by atoms with Gasteiger partial charge in [-0.1, -0.05) is 0 Å². The van der Waals surface area contributed by atoms with E-state index in [-0.39, 0.29) is 18.4 Å². The number of fused-ring (bicyclic) bond motifs is 1. The number of nitrogen functional groups attached to an aromatic ring is 1. The van der Waals surface area contributed by atoms with Gasteiger partial charge in [-0.2, -0.15) is 4.98 Å². The number of aromatic nitrogens is 2. The van der Waals surface area contributed by atoms with Crippen molar-refractivity contribution in [2.24, 2.45) is 0 Å². The first-order valence-electron chi connectivity index (χ1n) is 5.64. The minimum atomic E-state index is -0.0743. The lowest BCUT2D eigenvalue weighted by molar-refractivity contribution is -0.119. The van der Waals surface area contributed by atoms with E-state index < -0.39 is 0 Å². The minimum absolute atomic E-state index is 0.0743. The summed E-state index contributed by atoms with van der Waals surface area (Å²) in [6, 6.07) is 1.99. The molecule has 4 N–H and O–H groups in total. The Kier molecular flexibility index (Phi) is 3.61. The minimum Gasteiger partial charge on any atom is -0.368 e. The molecule has 18 heavy (non-hydrogen) atoms. The number of carbonyl (C=O) groups excluding carboxylic acids is 1. The highest BCUT2D eigenvalue weighted by Crippen LogP contribution is 2.28. The summed E-state index contributed by atoms with van der Waals surface area (Å²) in [5.74, 6) is 0.741. The normalized spacial score (nSPS) is 10.6. The summed E-state index contributed by atoms with van der Waals surface area (Å²) < 4.78 is 0. The lowest BCUT2D eigenvalue weighted by atomic mass is 10.3. The topological polar surface area (TPSA) is 92.9 Å². The Hall–Kier alpha value is -1.89. The molecule has 0 radical (unpaired) electrons. The van der Waals surface area contributed by atoms with Crippen LogP contribution in [0.25, 0.3) is 10.2 Å². The maximum Gasteiger partial charge on any atom is 0.239 e. The number of nitrogens with two attached hydrogens (primary N) is 1. The first kappa shape index (κ1) is 12.6. The van der Waals surface area contributed by atoms with E-state index in [1.165, 1.54) is 0 Å². The molecule has 0 saturated carbocycles. The SMILES string of the molecule is CCNC(=O)CNc1nc(N)nc2sc(C)cc12. The first-order valence-corrected chi connectivity index (χ1v) is 6.46. The van der Waals surface area contributed by atoms with Crippen LogP contribution in [0.1, 0.15) is 11.8 Å². The van der Waals surface area contributed by atoms with Crippen LogP contribution in [0.15, 0.2) is 6.07 Å². The summed E-state index contributed by atoms with van der Waals surface area (Å²) in [6.45, 7) is 4.66. The molecule has 6 nitrogen and oxygen atoms in total. The third-order valence-electron chi connectivity index (χ3n) is 2.32. The second-order valence-electron chi connectivity index (χ2n) is 3.81. The molecule has 2 aromatic heterocycles. The van der Waals surface area contributed by atoms with E-state index in [2.05, 4.69) is 20.6 Å². The Bertz CT molecular complexity index is 580. The van der Waals surface area contributed by atoms with Crippen molar-refractivity contribution >= 4 is 39.2 Å². The average molecular weight is 265 g/mol. The number of amides is 1. The molecular weight excluding hydrogens is 250 g/mol. The van der Waals surface area contributed by atoms with Crippen LogP contribution in [0.2, 0.25) is 0 Å². The summed E-state index contributed by atoms with van der Waals surface area (Å²) in [6.07, 6.45) is 0. The monoisotopic (exact) mass is 265 g/mol. The molecule has 0 bridgehead atoms. The van der Waals surface area contributed by atoms with Gasteiger partial charge >= 0.3 is 0 Å². The van der Waals surface area contributed by atoms with Crippen molar-refractivity contribution in [3.05, 3.63) is 10.9 Å². The van der Waals surface area contributed by atoms with Gasteiger partial charge in [0.05, 0.1) is 11.9 Å². The fourth-order valence-corrected chi connectivity index (χ4v) is 2.50. The lowest BCUT2D eigenvalue weighted by Crippen LogP contribution is -2.29. The number of nitrogens with one attached hydrogen (secondary N) is 2. The van der Waals surface area contributed by atoms with Crippen LogP contribution in [0.4, 0.5) is 11.8 Å². The van der Waals surface area contributed by atoms with E-state index >= 15 is 0 Å². The van der Waals surface area contributed by atoms with Crippen molar-refractivity contribution in [1.82, 2.24) is 15.3 Å². The molecule has 2 aromatic rings. The maximum absolute atomic E-state index is 11.4. The fraction of sp³-hybridized carbons (Fsp3) is 0.364. The molecule has 0 aliphatic heterocycles. The van der Waals surface area contributed by atoms with Crippen molar-refractivity contribution in [3.63, 3.8) is 0 Å². The Morgan fingerprint density at radius 2 is 2.28 bits per heavy atom. The fourth-order valence-electron chi connectivity index (χ4n) is 1.62. The zero-order valence-electron chi connectivity index (χ0n) is 10.3. The van der Waals surface area contributed by atoms with E-state index in [0.29, 0.717) is 12.4 Å². The number of hydrogen-bond acceptors (Lipinski definition) is 6. The second-order valence-corrected chi connectivity index (χ2v) is 5.05. The van der Waals surface area contributed by atoms with Crippen LogP contribution >= 0.6 is 11.3 Å². The smallest absolute Gasteiger partial charge is 0.239 e. The van der Waals surface area contributed by atoms with Crippen LogP contribution in [0.5, 0.6) is 0 Å². The molecule has 2 heterocycles. The molecule has 0 aliphatic carbocycles. The van der Waals surface area contributed by atoms with Gasteiger partial charge in [0.25, 0.3) is 0 Å². The molecule has 96 valence electrons. The lowest BCUT2D eigenvalue weighted by Gasteiger charge is -2.07. The van der Waals surface area contributed by atoms with Crippen molar-refractivity contribution in [1.29, 1.82) is 0 Å². The van der Waals surface area contributed by atoms with Crippen LogP contribution < -0.4 is 16.4 Å². The summed E-state index contributed by atoms with van der Waals surface area (Å²) >= 11 is 1.55. The molecule has 0 aromatic carbocycles. The molecule has 0 saturated heterocycles. The van der Waals surface area contributed by atoms with Gasteiger partial charge in [0, 0.05) is 11.4 Å². The Morgan fingerprint density at radius 3 is 3.00 bits per heavy atom. The molecule has 0 atom stereocenters. The zero-order chi connectivity index (χ0) is 13.1. The molecule has 0 fully saturated rings. The number of nitrogens with zero attached hydrogens (tertiary/aromatic N) is 2. The van der Waals surface area contributed by atoms with Gasteiger partial charge in [0.15, 0.2) is 0 Å². The zero-order valence-corrected chi connectivity index (χ0v) is 11.1. The predicted molar refractivity (Wildman–Crippen MR) is 73.7 cm³/mol. The van der Waals surface area contributed by atoms with Crippen molar-refractivity contribution in [2.75, 3.05) is 24.1 Å². The molecule has 7 heteroatoms. The summed E-state index contributed by atoms with van der Waals surface area (Å²) in [4.78, 5) is 21.7. The van der Waals surface area contributed by atoms with Crippen LogP contribution in [-0.4, -0.2) is 29.0 Å². The standard InChI is InChI=1S/C11H15N5OS/c1-3-13-8(17)5-14-9-7-4-6(2)18-10(7)16-11(12)15-9/h4H,3,5H2,1-2H3,(H,13,17)(H3,12,14,15,16). The molecule has 1 amide bonds. The summed E-state index contributed by atoms with van der Waals surface area (Å²) in [7, 11) is 0. The van der Waals surface area contributed by atoms with Crippen molar-refractivity contribution < 1.29 is 4.79 Å². The molecular formula is C11H15N5OS. The predicted octanol–water partition coefficient (Wildman–Crippen LogP) is 1.13. The number of hydrogen-bond donors (Lipinski definition) is 3. The van der Waals surface area contributed by atoms with Crippen LogP contribution in [0.3, 0.4) is 0 Å². The van der Waals surface area contributed by atoms with E-state index in [9.17, 15) is 4.79 Å². The Labute approximate surface area is 109 Å². The Balaban J connectivity index is 2.24. The quantitative estimate of drug-likeness (QED) is 0.770. The van der Waals surface area contributed by atoms with Crippen molar-refractivity contribution in [2.45, 2.75) is 13.8 Å². The van der Waals surface area contributed by atoms with Gasteiger partial charge < -0.3 is 16.4 Å². The van der Waals surface area contributed by atoms with Gasteiger partial charge in [0.2, 0.25) is 11.9 Å². The molecule has 0 unspecified atom stereocenters. The van der Waals surface area contributed by atoms with Crippen LogP contribution in [-0.2, 0) is 4.79 Å². The van der Waals surface area contributed by atoms with Gasteiger partial charge in [-0.05, 0) is 19.9 Å². The number of aryl methyl sites for hydroxylation is 1. The molecule has 0 aliphatic rings. The maximum atomic E-state index is 11.4. The van der Waals surface area contributed by atoms with Gasteiger partial charge in [-0.3, -0.25) is 4.79 Å². The molecule has 0 spiro atoms. The third kappa shape index (κ3) is 2.67. The highest BCUT2D eigenvalue weighted by Gasteiger charge is 2.10. The van der Waals surface area contributed by atoms with E-state index in [1.54, 1.807) is 11.3 Å². The number of rotatable bonds is 4. The van der Waals surface area contributed by atoms with Gasteiger partial charge in [-0.15, -0.1) is 11.3 Å². The first-order chi connectivity index (χ1) is 8.60.